The summed E-state index contributed by atoms with van der Waals surface area (Å²) in [5.41, 5.74) is 7.86. The highest BCUT2D eigenvalue weighted by Gasteiger charge is 2.16. The third-order valence-corrected chi connectivity index (χ3v) is 2.55. The molecule has 0 fully saturated rings. The molecule has 2 N–H and O–H groups in total. The van der Waals surface area contributed by atoms with Crippen molar-refractivity contribution in [2.45, 2.75) is 18.9 Å². The zero-order valence-corrected chi connectivity index (χ0v) is 9.22. The standard InChI is InChI=1S/C11H15N3O2/c1-15-10-5-4-9(13-14-10)11(12)8-3-2-6-16-7-8/h4-5,7,11H,2-3,6,12H2,1H3. The molecule has 1 atom stereocenters. The average molecular weight is 221 g/mol. The maximum absolute atomic E-state index is 6.07. The van der Waals surface area contributed by atoms with Gasteiger partial charge in [-0.3, -0.25) is 0 Å². The van der Waals surface area contributed by atoms with E-state index in [1.54, 1.807) is 19.4 Å². The van der Waals surface area contributed by atoms with E-state index in [-0.39, 0.29) is 6.04 Å². The first kappa shape index (κ1) is 10.9. The molecule has 0 radical (unpaired) electrons. The summed E-state index contributed by atoms with van der Waals surface area (Å²) >= 11 is 0. The Kier molecular flexibility index (Phi) is 3.36. The molecule has 5 heteroatoms. The fraction of sp³-hybridized carbons (Fsp3) is 0.455. The van der Waals surface area contributed by atoms with Crippen molar-refractivity contribution in [2.75, 3.05) is 13.7 Å². The number of hydrogen-bond acceptors (Lipinski definition) is 5. The van der Waals surface area contributed by atoms with Gasteiger partial charge in [-0.2, -0.15) is 0 Å². The fourth-order valence-corrected chi connectivity index (χ4v) is 1.61. The van der Waals surface area contributed by atoms with E-state index in [9.17, 15) is 0 Å². The zero-order valence-electron chi connectivity index (χ0n) is 9.22. The van der Waals surface area contributed by atoms with E-state index in [1.807, 2.05) is 6.07 Å². The summed E-state index contributed by atoms with van der Waals surface area (Å²) in [7, 11) is 1.56. The molecule has 16 heavy (non-hydrogen) atoms. The molecule has 1 aliphatic heterocycles. The summed E-state index contributed by atoms with van der Waals surface area (Å²) in [6.45, 7) is 0.768. The maximum Gasteiger partial charge on any atom is 0.233 e. The van der Waals surface area contributed by atoms with Crippen molar-refractivity contribution in [1.82, 2.24) is 10.2 Å². The van der Waals surface area contributed by atoms with Crippen LogP contribution >= 0.6 is 0 Å². The lowest BCUT2D eigenvalue weighted by Gasteiger charge is -2.18. The highest BCUT2D eigenvalue weighted by Crippen LogP contribution is 2.24. The van der Waals surface area contributed by atoms with Gasteiger partial charge in [-0.05, 0) is 24.5 Å². The first-order valence-electron chi connectivity index (χ1n) is 5.25. The Labute approximate surface area is 94.3 Å². The van der Waals surface area contributed by atoms with Crippen LogP contribution in [0, 0.1) is 0 Å². The van der Waals surface area contributed by atoms with Gasteiger partial charge in [0.15, 0.2) is 0 Å². The SMILES string of the molecule is COc1ccc(C(N)C2=COCCC2)nn1. The molecule has 1 aromatic rings. The van der Waals surface area contributed by atoms with Gasteiger partial charge in [0, 0.05) is 6.07 Å². The minimum atomic E-state index is -0.237. The third kappa shape index (κ3) is 2.30. The van der Waals surface area contributed by atoms with Gasteiger partial charge in [-0.25, -0.2) is 0 Å². The Bertz CT molecular complexity index is 375. The van der Waals surface area contributed by atoms with E-state index >= 15 is 0 Å². The zero-order chi connectivity index (χ0) is 11.4. The fourth-order valence-electron chi connectivity index (χ4n) is 1.61. The van der Waals surface area contributed by atoms with E-state index in [2.05, 4.69) is 10.2 Å². The van der Waals surface area contributed by atoms with Gasteiger partial charge in [0.05, 0.1) is 31.7 Å². The maximum atomic E-state index is 6.07. The summed E-state index contributed by atoms with van der Waals surface area (Å²) in [5.74, 6) is 0.491. The number of nitrogens with two attached hydrogens (primary N) is 1. The molecule has 5 nitrogen and oxygen atoms in total. The van der Waals surface area contributed by atoms with Crippen molar-refractivity contribution in [1.29, 1.82) is 0 Å². The Hall–Kier alpha value is -1.62. The Morgan fingerprint density at radius 3 is 2.88 bits per heavy atom. The first-order chi connectivity index (χ1) is 7.81. The second kappa shape index (κ2) is 4.94. The van der Waals surface area contributed by atoms with Crippen LogP contribution in [0.5, 0.6) is 5.88 Å². The smallest absolute Gasteiger partial charge is 0.233 e. The van der Waals surface area contributed by atoms with Crippen LogP contribution in [0.25, 0.3) is 0 Å². The van der Waals surface area contributed by atoms with Crippen LogP contribution in [0.15, 0.2) is 24.0 Å². The largest absolute Gasteiger partial charge is 0.501 e. The Morgan fingerprint density at radius 1 is 1.44 bits per heavy atom. The Morgan fingerprint density at radius 2 is 2.31 bits per heavy atom. The summed E-state index contributed by atoms with van der Waals surface area (Å²) in [6, 6.07) is 3.34. The summed E-state index contributed by atoms with van der Waals surface area (Å²) in [5, 5.41) is 7.92. The molecule has 0 saturated heterocycles. The molecule has 2 heterocycles. The Balaban J connectivity index is 2.13. The number of hydrogen-bond donors (Lipinski definition) is 1. The van der Waals surface area contributed by atoms with Crippen molar-refractivity contribution in [3.8, 4) is 5.88 Å². The number of aromatic nitrogens is 2. The summed E-state index contributed by atoms with van der Waals surface area (Å²) in [6.07, 6.45) is 3.69. The average Bonchev–Trinajstić information content (AvgIpc) is 2.39. The van der Waals surface area contributed by atoms with Crippen LogP contribution in [0.3, 0.4) is 0 Å². The van der Waals surface area contributed by atoms with Crippen LogP contribution in [0.4, 0.5) is 0 Å². The van der Waals surface area contributed by atoms with Gasteiger partial charge in [-0.1, -0.05) is 0 Å². The molecule has 1 aromatic heterocycles. The van der Waals surface area contributed by atoms with Crippen LogP contribution in [-0.4, -0.2) is 23.9 Å². The van der Waals surface area contributed by atoms with E-state index in [0.717, 1.165) is 30.7 Å². The van der Waals surface area contributed by atoms with E-state index in [1.165, 1.54) is 0 Å². The first-order valence-corrected chi connectivity index (χ1v) is 5.25. The number of rotatable bonds is 3. The molecule has 1 aliphatic rings. The molecule has 86 valence electrons. The van der Waals surface area contributed by atoms with Gasteiger partial charge in [0.1, 0.15) is 0 Å². The van der Waals surface area contributed by atoms with Crippen LogP contribution in [0.2, 0.25) is 0 Å². The molecule has 0 aromatic carbocycles. The highest BCUT2D eigenvalue weighted by atomic mass is 16.5. The van der Waals surface area contributed by atoms with Crippen LogP contribution in [-0.2, 0) is 4.74 Å². The molecule has 0 saturated carbocycles. The van der Waals surface area contributed by atoms with Crippen LogP contribution in [0.1, 0.15) is 24.6 Å². The minimum Gasteiger partial charge on any atom is -0.501 e. The quantitative estimate of drug-likeness (QED) is 0.829. The van der Waals surface area contributed by atoms with Crippen LogP contribution < -0.4 is 10.5 Å². The second-order valence-electron chi connectivity index (χ2n) is 3.65. The van der Waals surface area contributed by atoms with Crippen molar-refractivity contribution in [3.05, 3.63) is 29.7 Å². The predicted molar refractivity (Wildman–Crippen MR) is 58.8 cm³/mol. The number of methoxy groups -OCH3 is 1. The van der Waals surface area contributed by atoms with E-state index in [0.29, 0.717) is 5.88 Å². The van der Waals surface area contributed by atoms with Crippen molar-refractivity contribution in [2.24, 2.45) is 5.73 Å². The van der Waals surface area contributed by atoms with Crippen molar-refractivity contribution in [3.63, 3.8) is 0 Å². The number of ether oxygens (including phenoxy) is 2. The molecule has 0 spiro atoms. The molecule has 2 rings (SSSR count). The lowest BCUT2D eigenvalue weighted by atomic mass is 10.0. The molecular formula is C11H15N3O2. The monoisotopic (exact) mass is 221 g/mol. The lowest BCUT2D eigenvalue weighted by molar-refractivity contribution is 0.221. The molecule has 0 aliphatic carbocycles. The second-order valence-corrected chi connectivity index (χ2v) is 3.65. The van der Waals surface area contributed by atoms with Crippen molar-refractivity contribution >= 4 is 0 Å². The molecular weight excluding hydrogens is 206 g/mol. The summed E-state index contributed by atoms with van der Waals surface area (Å²) < 4.78 is 10.2. The lowest BCUT2D eigenvalue weighted by Crippen LogP contribution is -2.18. The van der Waals surface area contributed by atoms with Crippen molar-refractivity contribution < 1.29 is 9.47 Å². The van der Waals surface area contributed by atoms with Gasteiger partial charge >= 0.3 is 0 Å². The molecule has 1 unspecified atom stereocenters. The summed E-state index contributed by atoms with van der Waals surface area (Å²) in [4.78, 5) is 0. The van der Waals surface area contributed by atoms with E-state index < -0.39 is 0 Å². The van der Waals surface area contributed by atoms with Gasteiger partial charge in [0.2, 0.25) is 5.88 Å². The normalized spacial score (nSPS) is 17.2. The number of nitrogens with zero attached hydrogens (tertiary/aromatic N) is 2. The van der Waals surface area contributed by atoms with Gasteiger partial charge in [0.25, 0.3) is 0 Å². The minimum absolute atomic E-state index is 0.237. The third-order valence-electron chi connectivity index (χ3n) is 2.55. The highest BCUT2D eigenvalue weighted by molar-refractivity contribution is 5.22. The molecule has 0 amide bonds. The predicted octanol–water partition coefficient (Wildman–Crippen LogP) is 1.18. The van der Waals surface area contributed by atoms with Gasteiger partial charge in [-0.15, -0.1) is 10.2 Å². The van der Waals surface area contributed by atoms with Gasteiger partial charge < -0.3 is 15.2 Å². The van der Waals surface area contributed by atoms with E-state index in [4.69, 9.17) is 15.2 Å². The molecule has 0 bridgehead atoms. The topological polar surface area (TPSA) is 70.3 Å².